The lowest BCUT2D eigenvalue weighted by molar-refractivity contribution is -0.122. The van der Waals surface area contributed by atoms with Crippen LogP contribution in [-0.4, -0.2) is 38.3 Å². The zero-order valence-corrected chi connectivity index (χ0v) is 11.1. The van der Waals surface area contributed by atoms with E-state index in [1.807, 2.05) is 13.8 Å². The van der Waals surface area contributed by atoms with Gasteiger partial charge in [-0.3, -0.25) is 4.79 Å². The van der Waals surface area contributed by atoms with Gasteiger partial charge < -0.3 is 15.4 Å². The van der Waals surface area contributed by atoms with E-state index in [0.717, 1.165) is 19.5 Å². The Morgan fingerprint density at radius 2 is 2.41 bits per heavy atom. The third kappa shape index (κ3) is 6.64. The number of rotatable bonds is 7. The minimum Gasteiger partial charge on any atom is -0.380 e. The molecule has 100 valence electrons. The Morgan fingerprint density at radius 3 is 3.06 bits per heavy atom. The Balaban J connectivity index is 2.07. The molecule has 1 rings (SSSR count). The number of piperidine rings is 1. The second-order valence-electron chi connectivity index (χ2n) is 4.88. The predicted octanol–water partition coefficient (Wildman–Crippen LogP) is 1.31. The molecule has 0 aromatic rings. The first-order valence-corrected chi connectivity index (χ1v) is 6.80. The van der Waals surface area contributed by atoms with E-state index in [9.17, 15) is 4.79 Å². The van der Waals surface area contributed by atoms with Gasteiger partial charge in [-0.25, -0.2) is 0 Å². The number of hydrogen-bond donors (Lipinski definition) is 2. The number of ether oxygens (including phenoxy) is 1. The van der Waals surface area contributed by atoms with Gasteiger partial charge in [0.1, 0.15) is 0 Å². The number of carbonyl (C=O) groups is 1. The van der Waals surface area contributed by atoms with Crippen LogP contribution in [0.15, 0.2) is 0 Å². The van der Waals surface area contributed by atoms with Crippen molar-refractivity contribution in [3.05, 3.63) is 0 Å². The van der Waals surface area contributed by atoms with Gasteiger partial charge in [-0.1, -0.05) is 0 Å². The molecular weight excluding hydrogens is 216 g/mol. The highest BCUT2D eigenvalue weighted by Crippen LogP contribution is 2.15. The van der Waals surface area contributed by atoms with Crippen LogP contribution in [0.1, 0.15) is 39.5 Å². The average molecular weight is 242 g/mol. The lowest BCUT2D eigenvalue weighted by Crippen LogP contribution is -2.36. The van der Waals surface area contributed by atoms with Crippen molar-refractivity contribution in [1.29, 1.82) is 0 Å². The van der Waals surface area contributed by atoms with Crippen LogP contribution in [0.25, 0.3) is 0 Å². The molecule has 0 spiro atoms. The van der Waals surface area contributed by atoms with E-state index in [4.69, 9.17) is 4.74 Å². The Bertz CT molecular complexity index is 215. The molecular formula is C13H26N2O2. The van der Waals surface area contributed by atoms with E-state index in [2.05, 4.69) is 10.6 Å². The summed E-state index contributed by atoms with van der Waals surface area (Å²) in [4.78, 5) is 11.7. The van der Waals surface area contributed by atoms with Crippen molar-refractivity contribution in [3.63, 3.8) is 0 Å². The van der Waals surface area contributed by atoms with Crippen molar-refractivity contribution in [2.24, 2.45) is 5.92 Å². The van der Waals surface area contributed by atoms with Crippen molar-refractivity contribution >= 4 is 5.91 Å². The quantitative estimate of drug-likeness (QED) is 0.707. The number of nitrogens with one attached hydrogen (secondary N) is 2. The molecule has 0 saturated carbocycles. The van der Waals surface area contributed by atoms with Crippen molar-refractivity contribution in [1.82, 2.24) is 10.6 Å². The summed E-state index contributed by atoms with van der Waals surface area (Å²) in [7, 11) is 0. The molecule has 2 atom stereocenters. The Labute approximate surface area is 104 Å². The fourth-order valence-electron chi connectivity index (χ4n) is 2.19. The molecule has 0 bridgehead atoms. The van der Waals surface area contributed by atoms with Gasteiger partial charge >= 0.3 is 0 Å². The largest absolute Gasteiger partial charge is 0.380 e. The van der Waals surface area contributed by atoms with Gasteiger partial charge in [0.05, 0.1) is 6.61 Å². The van der Waals surface area contributed by atoms with Gasteiger partial charge in [0.15, 0.2) is 0 Å². The summed E-state index contributed by atoms with van der Waals surface area (Å²) in [5, 5.41) is 6.35. The van der Waals surface area contributed by atoms with Crippen LogP contribution in [0, 0.1) is 5.92 Å². The second kappa shape index (κ2) is 8.48. The van der Waals surface area contributed by atoms with Crippen LogP contribution in [0.2, 0.25) is 0 Å². The maximum absolute atomic E-state index is 11.7. The van der Waals surface area contributed by atoms with E-state index in [1.54, 1.807) is 0 Å². The molecule has 17 heavy (non-hydrogen) atoms. The molecule has 4 nitrogen and oxygen atoms in total. The molecule has 1 amide bonds. The molecule has 1 heterocycles. The normalized spacial score (nSPS) is 22.1. The van der Waals surface area contributed by atoms with Crippen molar-refractivity contribution in [3.8, 4) is 0 Å². The van der Waals surface area contributed by atoms with Crippen LogP contribution in [0.3, 0.4) is 0 Å². The standard InChI is InChI=1S/C13H26N2O2/c1-3-17-10-11(2)15-13(16)7-6-12-5-4-8-14-9-12/h11-12,14H,3-10H2,1-2H3,(H,15,16). The maximum Gasteiger partial charge on any atom is 0.220 e. The Kier molecular flexibility index (Phi) is 7.21. The average Bonchev–Trinajstić information content (AvgIpc) is 2.35. The fraction of sp³-hybridized carbons (Fsp3) is 0.923. The first-order valence-electron chi connectivity index (χ1n) is 6.80. The number of hydrogen-bond acceptors (Lipinski definition) is 3. The van der Waals surface area contributed by atoms with Crippen LogP contribution in [0.5, 0.6) is 0 Å². The zero-order chi connectivity index (χ0) is 12.5. The SMILES string of the molecule is CCOCC(C)NC(=O)CCC1CCCNC1. The van der Waals surface area contributed by atoms with Crippen LogP contribution in [-0.2, 0) is 9.53 Å². The Hall–Kier alpha value is -0.610. The summed E-state index contributed by atoms with van der Waals surface area (Å²) >= 11 is 0. The first-order chi connectivity index (χ1) is 8.22. The summed E-state index contributed by atoms with van der Waals surface area (Å²) in [5.74, 6) is 0.833. The monoisotopic (exact) mass is 242 g/mol. The molecule has 0 aromatic carbocycles. The van der Waals surface area contributed by atoms with Gasteiger partial charge in [0.25, 0.3) is 0 Å². The zero-order valence-electron chi connectivity index (χ0n) is 11.1. The molecule has 0 radical (unpaired) electrons. The molecule has 1 fully saturated rings. The topological polar surface area (TPSA) is 50.4 Å². The molecule has 1 aliphatic rings. The summed E-state index contributed by atoms with van der Waals surface area (Å²) in [6.07, 6.45) is 4.14. The summed E-state index contributed by atoms with van der Waals surface area (Å²) in [6, 6.07) is 0.118. The fourth-order valence-corrected chi connectivity index (χ4v) is 2.19. The molecule has 2 N–H and O–H groups in total. The van der Waals surface area contributed by atoms with E-state index in [-0.39, 0.29) is 11.9 Å². The van der Waals surface area contributed by atoms with Gasteiger partial charge in [-0.2, -0.15) is 0 Å². The van der Waals surface area contributed by atoms with Crippen LogP contribution in [0.4, 0.5) is 0 Å². The highest BCUT2D eigenvalue weighted by Gasteiger charge is 2.15. The van der Waals surface area contributed by atoms with E-state index in [0.29, 0.717) is 25.6 Å². The van der Waals surface area contributed by atoms with Crippen molar-refractivity contribution in [2.45, 2.75) is 45.6 Å². The smallest absolute Gasteiger partial charge is 0.220 e. The molecule has 0 aliphatic carbocycles. The van der Waals surface area contributed by atoms with Gasteiger partial charge in [0.2, 0.25) is 5.91 Å². The molecule has 0 aromatic heterocycles. The summed E-state index contributed by atoms with van der Waals surface area (Å²) in [6.45, 7) is 7.46. The van der Waals surface area contributed by atoms with E-state index >= 15 is 0 Å². The van der Waals surface area contributed by atoms with Crippen molar-refractivity contribution < 1.29 is 9.53 Å². The minimum absolute atomic E-state index is 0.118. The van der Waals surface area contributed by atoms with Crippen LogP contribution < -0.4 is 10.6 Å². The third-order valence-electron chi connectivity index (χ3n) is 3.16. The van der Waals surface area contributed by atoms with E-state index < -0.39 is 0 Å². The lowest BCUT2D eigenvalue weighted by Gasteiger charge is -2.22. The number of carbonyl (C=O) groups excluding carboxylic acids is 1. The molecule has 1 aliphatic heterocycles. The summed E-state index contributed by atoms with van der Waals surface area (Å²) < 4.78 is 5.27. The molecule has 4 heteroatoms. The Morgan fingerprint density at radius 1 is 1.59 bits per heavy atom. The third-order valence-corrected chi connectivity index (χ3v) is 3.16. The van der Waals surface area contributed by atoms with Crippen LogP contribution >= 0.6 is 0 Å². The van der Waals surface area contributed by atoms with E-state index in [1.165, 1.54) is 12.8 Å². The van der Waals surface area contributed by atoms with Gasteiger partial charge in [0, 0.05) is 19.1 Å². The lowest BCUT2D eigenvalue weighted by atomic mass is 9.94. The van der Waals surface area contributed by atoms with Gasteiger partial charge in [-0.15, -0.1) is 0 Å². The molecule has 2 unspecified atom stereocenters. The number of amides is 1. The second-order valence-corrected chi connectivity index (χ2v) is 4.88. The van der Waals surface area contributed by atoms with Crippen molar-refractivity contribution in [2.75, 3.05) is 26.3 Å². The maximum atomic E-state index is 11.7. The predicted molar refractivity (Wildman–Crippen MR) is 68.9 cm³/mol. The highest BCUT2D eigenvalue weighted by molar-refractivity contribution is 5.76. The van der Waals surface area contributed by atoms with Gasteiger partial charge in [-0.05, 0) is 52.1 Å². The minimum atomic E-state index is 0.118. The molecule has 1 saturated heterocycles. The highest BCUT2D eigenvalue weighted by atomic mass is 16.5. The summed E-state index contributed by atoms with van der Waals surface area (Å²) in [5.41, 5.74) is 0. The first kappa shape index (κ1) is 14.5.